The van der Waals surface area contributed by atoms with Gasteiger partial charge in [0.15, 0.2) is 0 Å². The summed E-state index contributed by atoms with van der Waals surface area (Å²) in [5, 5.41) is 0. The summed E-state index contributed by atoms with van der Waals surface area (Å²) in [6, 6.07) is 0. The average Bonchev–Trinajstić information content (AvgIpc) is 1.00. The first-order chi connectivity index (χ1) is 1.00. The van der Waals surface area contributed by atoms with Gasteiger partial charge in [-0.3, -0.25) is 0 Å². The van der Waals surface area contributed by atoms with Crippen LogP contribution in [0.1, 0.15) is 0 Å². The Hall–Kier alpha value is 0.601. The molecule has 0 saturated carbocycles. The summed E-state index contributed by atoms with van der Waals surface area (Å²) in [4.78, 5) is 0. The van der Waals surface area contributed by atoms with Crippen molar-refractivity contribution in [2.45, 2.75) is 0 Å². The van der Waals surface area contributed by atoms with Gasteiger partial charge in [0, 0.05) is 17.1 Å². The largest absolute Gasteiger partial charge is 0.0149 e. The minimum atomic E-state index is 0. The Bertz CT molecular complexity index is 8.00. The van der Waals surface area contributed by atoms with Crippen LogP contribution in [0, 0.1) is 0 Å². The third-order valence-electron chi connectivity index (χ3n) is 0. The quantitative estimate of drug-likeness (QED) is 0.335. The first-order valence-electron chi connectivity index (χ1n) is 0.236. The van der Waals surface area contributed by atoms with Crippen molar-refractivity contribution in [3.63, 3.8) is 0 Å². The van der Waals surface area contributed by atoms with E-state index >= 15 is 0 Å². The number of hydrogen-bond acceptors (Lipinski definition) is 1. The summed E-state index contributed by atoms with van der Waals surface area (Å²) in [6.07, 6.45) is 0. The van der Waals surface area contributed by atoms with Gasteiger partial charge in [-0.15, -0.1) is 0 Å². The Labute approximate surface area is 41.1 Å². The zero-order valence-electron chi connectivity index (χ0n) is 1.34. The predicted octanol–water partition coefficient (Wildman–Crippen LogP) is -1.95. The molecule has 4 heteroatoms. The van der Waals surface area contributed by atoms with Crippen molar-refractivity contribution >= 4 is 18.7 Å². The van der Waals surface area contributed by atoms with Crippen LogP contribution in [0.25, 0.3) is 0 Å². The van der Waals surface area contributed by atoms with Crippen LogP contribution in [0.2, 0.25) is 0 Å². The summed E-state index contributed by atoms with van der Waals surface area (Å²) >= 11 is 0. The Kier molecular flexibility index (Phi) is 392. The van der Waals surface area contributed by atoms with Crippen molar-refractivity contribution in [2.75, 3.05) is 0 Å². The number of hydrogen-bond donors (Lipinski definition) is 0. The van der Waals surface area contributed by atoms with Gasteiger partial charge in [0.1, 0.15) is 0 Å². The van der Waals surface area contributed by atoms with Gasteiger partial charge < -0.3 is 0 Å². The van der Waals surface area contributed by atoms with E-state index in [-0.39, 0.29) is 28.0 Å². The molecule has 4 heavy (non-hydrogen) atoms. The minimum Gasteiger partial charge on any atom is -0.0149 e. The molecule has 0 heterocycles. The summed E-state index contributed by atoms with van der Waals surface area (Å²) in [5.74, 6) is 0. The molecular weight excluding hydrogens is 111 g/mol. The second-order valence-electron chi connectivity index (χ2n) is 0. The third kappa shape index (κ3) is 18.4. The normalized spacial score (nSPS) is 0.750. The van der Waals surface area contributed by atoms with E-state index in [1.807, 2.05) is 0 Å². The van der Waals surface area contributed by atoms with Gasteiger partial charge in [0.25, 0.3) is 0 Å². The smallest absolute Gasteiger partial charge is 0 e. The maximum atomic E-state index is 7.75. The van der Waals surface area contributed by atoms with Crippen LogP contribution in [0.4, 0.5) is 0 Å². The molecule has 0 aromatic heterocycles. The second kappa shape index (κ2) is 67.4. The van der Waals surface area contributed by atoms with E-state index in [1.54, 1.807) is 0 Å². The first kappa shape index (κ1) is 23.3. The van der Waals surface area contributed by atoms with Gasteiger partial charge in [-0.25, -0.2) is 0 Å². The van der Waals surface area contributed by atoms with Gasteiger partial charge in [-0.1, -0.05) is 0 Å². The van der Waals surface area contributed by atoms with Crippen LogP contribution in [-0.4, -0.2) is 18.7 Å². The van der Waals surface area contributed by atoms with E-state index in [2.05, 4.69) is 7.72 Å². The van der Waals surface area contributed by atoms with Crippen LogP contribution >= 0.6 is 0 Å². The molecule has 0 atom stereocenters. The zero-order chi connectivity index (χ0) is 2.00. The maximum Gasteiger partial charge on any atom is 0 e. The second-order valence-corrected chi connectivity index (χ2v) is 0. The van der Waals surface area contributed by atoms with Crippen molar-refractivity contribution < 1.29 is 21.8 Å². The molecule has 0 aliphatic rings. The topological polar surface area (TPSA) is 17.1 Å². The molecule has 0 aliphatic carbocycles. The van der Waals surface area contributed by atoms with E-state index in [4.69, 9.17) is 4.70 Å². The first-order valence-corrected chi connectivity index (χ1v) is 0.236. The molecule has 0 spiro atoms. The fraction of sp³-hybridized carbons (Fsp3) is 0. The van der Waals surface area contributed by atoms with Gasteiger partial charge in [-0.2, -0.15) is 0 Å². The van der Waals surface area contributed by atoms with Crippen LogP contribution < -0.4 is 0 Å². The van der Waals surface area contributed by atoms with Crippen molar-refractivity contribution in [3.05, 3.63) is 0 Å². The number of rotatable bonds is 0. The molecule has 25 valence electrons. The van der Waals surface area contributed by atoms with E-state index in [9.17, 15) is 0 Å². The molecule has 1 nitrogen and oxygen atoms in total. The molecule has 0 unspecified atom stereocenters. The van der Waals surface area contributed by atoms with Crippen LogP contribution in [0.5, 0.6) is 0 Å². The van der Waals surface area contributed by atoms with Gasteiger partial charge in [0.05, 0.1) is 0 Å². The Morgan fingerprint density at radius 1 is 1.25 bits per heavy atom. The Morgan fingerprint density at radius 2 is 1.25 bits per heavy atom. The molecule has 1 radical (unpaired) electrons. The molecule has 0 aromatic rings. The Morgan fingerprint density at radius 3 is 1.25 bits per heavy atom. The minimum absolute atomic E-state index is 0. The van der Waals surface area contributed by atoms with Gasteiger partial charge >= 0.3 is 12.4 Å². The summed E-state index contributed by atoms with van der Waals surface area (Å²) in [5.41, 5.74) is 0. The molecular formula is H4BFeOSi. The van der Waals surface area contributed by atoms with Gasteiger partial charge in [0.2, 0.25) is 0 Å². The van der Waals surface area contributed by atoms with Crippen molar-refractivity contribution in [1.29, 1.82) is 0 Å². The standard InChI is InChI=1S/BO.Fe.H4Si/c1-2;;/h;;1H4. The molecule has 0 rings (SSSR count). The monoisotopic (exact) mass is 115 g/mol. The molecule has 0 N–H and O–H groups in total. The fourth-order valence-corrected chi connectivity index (χ4v) is 0. The summed E-state index contributed by atoms with van der Waals surface area (Å²) in [6.45, 7) is 0. The van der Waals surface area contributed by atoms with Crippen LogP contribution in [0.3, 0.4) is 0 Å². The van der Waals surface area contributed by atoms with Crippen LogP contribution in [0.15, 0.2) is 0 Å². The molecule has 0 aromatic carbocycles. The summed E-state index contributed by atoms with van der Waals surface area (Å²) < 4.78 is 7.75. The maximum absolute atomic E-state index is 7.75. The predicted molar refractivity (Wildman–Crippen MR) is 17.8 cm³/mol. The molecule has 0 aliphatic heterocycles. The van der Waals surface area contributed by atoms with Crippen molar-refractivity contribution in [2.24, 2.45) is 0 Å². The van der Waals surface area contributed by atoms with E-state index in [1.165, 1.54) is 0 Å². The molecule has 0 fully saturated rings. The molecule has 0 saturated heterocycles. The zero-order valence-corrected chi connectivity index (χ0v) is 2.44. The fourth-order valence-electron chi connectivity index (χ4n) is 0. The summed E-state index contributed by atoms with van der Waals surface area (Å²) in [7, 11) is 3.25. The van der Waals surface area contributed by atoms with Crippen molar-refractivity contribution in [3.8, 4) is 0 Å². The van der Waals surface area contributed by atoms with E-state index in [0.717, 1.165) is 0 Å². The Balaban J connectivity index is -0.00000000500. The average molecular weight is 115 g/mol. The van der Waals surface area contributed by atoms with E-state index < -0.39 is 0 Å². The van der Waals surface area contributed by atoms with E-state index in [0.29, 0.717) is 0 Å². The van der Waals surface area contributed by atoms with Crippen molar-refractivity contribution in [1.82, 2.24) is 0 Å². The third-order valence-corrected chi connectivity index (χ3v) is 0. The van der Waals surface area contributed by atoms with Gasteiger partial charge in [-0.05, 0) is 11.0 Å². The SMILES string of the molecule is [B]=O.[Fe].[SiH4]. The van der Waals surface area contributed by atoms with Crippen LogP contribution in [-0.2, 0) is 21.8 Å². The molecule has 0 bridgehead atoms. The molecule has 0 amide bonds.